The minimum Gasteiger partial charge on any atom is -0.358 e. The van der Waals surface area contributed by atoms with Crippen LogP contribution in [0.3, 0.4) is 0 Å². The minimum absolute atomic E-state index is 0.655. The lowest BCUT2D eigenvalue weighted by molar-refractivity contribution is 1.03. The average molecular weight is 364 g/mol. The van der Waals surface area contributed by atoms with Crippen molar-refractivity contribution in [2.45, 2.75) is 11.3 Å². The molecule has 2 N–H and O–H groups in total. The molecule has 0 radical (unpaired) electrons. The lowest BCUT2D eigenvalue weighted by atomic mass is 10.1. The fourth-order valence-electron chi connectivity index (χ4n) is 2.57. The second-order valence-electron chi connectivity index (χ2n) is 5.33. The number of nitrogens with zero attached hydrogens (tertiary/aromatic N) is 4. The first-order chi connectivity index (χ1) is 12.3. The highest BCUT2D eigenvalue weighted by Crippen LogP contribution is 2.33. The van der Waals surface area contributed by atoms with E-state index in [9.17, 15) is 5.26 Å². The molecule has 122 valence electrons. The largest absolute Gasteiger partial charge is 0.358 e. The molecule has 3 heterocycles. The maximum Gasteiger partial charge on any atom is 0.171 e. The highest BCUT2D eigenvalue weighted by Gasteiger charge is 2.11. The van der Waals surface area contributed by atoms with Crippen LogP contribution in [0.5, 0.6) is 0 Å². The van der Waals surface area contributed by atoms with E-state index in [-0.39, 0.29) is 0 Å². The first-order valence-corrected chi connectivity index (χ1v) is 9.12. The molecule has 8 heteroatoms. The number of rotatable bonds is 4. The summed E-state index contributed by atoms with van der Waals surface area (Å²) in [6.07, 6.45) is 5.09. The molecule has 4 rings (SSSR count). The zero-order chi connectivity index (χ0) is 17.2. The molecule has 0 aliphatic heterocycles. The summed E-state index contributed by atoms with van der Waals surface area (Å²) in [6.45, 7) is 2.00. The zero-order valence-electron chi connectivity index (χ0n) is 13.1. The number of nitriles is 1. The molecule has 1 aromatic carbocycles. The summed E-state index contributed by atoms with van der Waals surface area (Å²) in [7, 11) is 0. The molecular formula is C17H12N6S2. The van der Waals surface area contributed by atoms with Crippen molar-refractivity contribution >= 4 is 39.9 Å². The van der Waals surface area contributed by atoms with Gasteiger partial charge in [0.2, 0.25) is 0 Å². The van der Waals surface area contributed by atoms with Crippen LogP contribution in [0.2, 0.25) is 0 Å². The summed E-state index contributed by atoms with van der Waals surface area (Å²) in [4.78, 5) is 7.79. The van der Waals surface area contributed by atoms with Crippen molar-refractivity contribution < 1.29 is 0 Å². The average Bonchev–Trinajstić information content (AvgIpc) is 3.29. The van der Waals surface area contributed by atoms with E-state index < -0.39 is 0 Å². The quantitative estimate of drug-likeness (QED) is 0.522. The number of H-pyrrole nitrogens is 1. The molecule has 0 aliphatic carbocycles. The number of hydrogen-bond acceptors (Lipinski definition) is 7. The normalized spacial score (nSPS) is 10.7. The van der Waals surface area contributed by atoms with Gasteiger partial charge in [0.15, 0.2) is 4.34 Å². The van der Waals surface area contributed by atoms with Crippen molar-refractivity contribution in [3.8, 4) is 17.3 Å². The van der Waals surface area contributed by atoms with Crippen LogP contribution >= 0.6 is 23.3 Å². The van der Waals surface area contributed by atoms with E-state index in [0.29, 0.717) is 5.56 Å². The molecule has 0 fully saturated rings. The van der Waals surface area contributed by atoms with Gasteiger partial charge < -0.3 is 9.71 Å². The second kappa shape index (κ2) is 6.55. The third-order valence-electron chi connectivity index (χ3n) is 3.78. The van der Waals surface area contributed by atoms with Gasteiger partial charge in [0.1, 0.15) is 6.07 Å². The molecule has 0 amide bonds. The van der Waals surface area contributed by atoms with Gasteiger partial charge in [0, 0.05) is 34.5 Å². The number of aromatic amines is 1. The monoisotopic (exact) mass is 364 g/mol. The van der Waals surface area contributed by atoms with Gasteiger partial charge in [-0.15, -0.1) is 11.3 Å². The predicted molar refractivity (Wildman–Crippen MR) is 100 cm³/mol. The standard InChI is InChI=1S/C17H12N6S2/c1-10-2-3-13(16-15(10)12(6-18)7-19-16)23-25-17-22-14(9-24-17)11-4-5-20-21-8-11/h2-5,7-9,19,23H,1H3. The van der Waals surface area contributed by atoms with E-state index in [2.05, 4.69) is 31.0 Å². The summed E-state index contributed by atoms with van der Waals surface area (Å²) in [5.74, 6) is 0. The number of benzene rings is 1. The van der Waals surface area contributed by atoms with Crippen LogP contribution in [0.1, 0.15) is 11.1 Å². The predicted octanol–water partition coefficient (Wildman–Crippen LogP) is 4.38. The number of anilines is 1. The molecular weight excluding hydrogens is 352 g/mol. The molecule has 0 aliphatic rings. The smallest absolute Gasteiger partial charge is 0.171 e. The third-order valence-corrected chi connectivity index (χ3v) is 5.54. The van der Waals surface area contributed by atoms with Crippen LogP contribution in [0.4, 0.5) is 5.69 Å². The van der Waals surface area contributed by atoms with Gasteiger partial charge in [-0.3, -0.25) is 0 Å². The number of aromatic nitrogens is 4. The Morgan fingerprint density at radius 2 is 2.20 bits per heavy atom. The van der Waals surface area contributed by atoms with Gasteiger partial charge in [-0.1, -0.05) is 6.07 Å². The number of nitrogens with one attached hydrogen (secondary N) is 2. The summed E-state index contributed by atoms with van der Waals surface area (Å²) >= 11 is 3.01. The van der Waals surface area contributed by atoms with Crippen molar-refractivity contribution in [2.24, 2.45) is 0 Å². The van der Waals surface area contributed by atoms with Crippen molar-refractivity contribution in [3.05, 3.63) is 53.3 Å². The van der Waals surface area contributed by atoms with Crippen LogP contribution in [-0.4, -0.2) is 20.2 Å². The highest BCUT2D eigenvalue weighted by molar-refractivity contribution is 8.02. The lowest BCUT2D eigenvalue weighted by Crippen LogP contribution is -1.90. The van der Waals surface area contributed by atoms with E-state index >= 15 is 0 Å². The maximum absolute atomic E-state index is 9.25. The topological polar surface area (TPSA) is 90.3 Å². The van der Waals surface area contributed by atoms with E-state index in [1.54, 1.807) is 29.9 Å². The van der Waals surface area contributed by atoms with Crippen LogP contribution in [0.25, 0.3) is 22.2 Å². The molecule has 6 nitrogen and oxygen atoms in total. The number of thiazole rings is 1. The Bertz CT molecular complexity index is 1080. The fraction of sp³-hybridized carbons (Fsp3) is 0.0588. The molecule has 0 bridgehead atoms. The molecule has 0 atom stereocenters. The Labute approximate surface area is 152 Å². The van der Waals surface area contributed by atoms with Crippen molar-refractivity contribution in [2.75, 3.05) is 4.72 Å². The number of aryl methyl sites for hydroxylation is 1. The van der Waals surface area contributed by atoms with E-state index in [1.165, 1.54) is 11.9 Å². The SMILES string of the molecule is Cc1ccc(NSc2nc(-c3ccnnc3)cs2)c2[nH]cc(C#N)c12. The molecule has 0 spiro atoms. The van der Waals surface area contributed by atoms with Crippen LogP contribution in [0, 0.1) is 18.3 Å². The zero-order valence-corrected chi connectivity index (χ0v) is 14.8. The molecule has 4 aromatic rings. The Morgan fingerprint density at radius 1 is 1.28 bits per heavy atom. The molecule has 25 heavy (non-hydrogen) atoms. The van der Waals surface area contributed by atoms with Gasteiger partial charge >= 0.3 is 0 Å². The van der Waals surface area contributed by atoms with Crippen molar-refractivity contribution in [3.63, 3.8) is 0 Å². The lowest BCUT2D eigenvalue weighted by Gasteiger charge is -2.06. The molecule has 0 saturated heterocycles. The number of hydrogen-bond donors (Lipinski definition) is 2. The summed E-state index contributed by atoms with van der Waals surface area (Å²) in [5, 5.41) is 19.9. The fourth-order valence-corrected chi connectivity index (χ4v) is 4.10. The van der Waals surface area contributed by atoms with Crippen LogP contribution < -0.4 is 4.72 Å². The molecule has 0 saturated carbocycles. The minimum atomic E-state index is 0.655. The summed E-state index contributed by atoms with van der Waals surface area (Å²) in [6, 6.07) is 8.12. The van der Waals surface area contributed by atoms with Crippen molar-refractivity contribution in [1.82, 2.24) is 20.2 Å². The van der Waals surface area contributed by atoms with Gasteiger partial charge in [0.25, 0.3) is 0 Å². The van der Waals surface area contributed by atoms with Gasteiger partial charge in [0.05, 0.1) is 34.9 Å². The van der Waals surface area contributed by atoms with Crippen molar-refractivity contribution in [1.29, 1.82) is 5.26 Å². The Kier molecular flexibility index (Phi) is 4.09. The highest BCUT2D eigenvalue weighted by atomic mass is 32.2. The van der Waals surface area contributed by atoms with Crippen LogP contribution in [-0.2, 0) is 0 Å². The first-order valence-electron chi connectivity index (χ1n) is 7.42. The van der Waals surface area contributed by atoms with Gasteiger partial charge in [-0.25, -0.2) is 4.98 Å². The van der Waals surface area contributed by atoms with E-state index in [4.69, 9.17) is 0 Å². The summed E-state index contributed by atoms with van der Waals surface area (Å²) in [5.41, 5.74) is 5.41. The van der Waals surface area contributed by atoms with Gasteiger partial charge in [-0.2, -0.15) is 15.5 Å². The van der Waals surface area contributed by atoms with Gasteiger partial charge in [-0.05, 0) is 24.6 Å². The second-order valence-corrected chi connectivity index (χ2v) is 7.24. The van der Waals surface area contributed by atoms with Crippen LogP contribution in [0.15, 0.2) is 46.5 Å². The number of fused-ring (bicyclic) bond motifs is 1. The Morgan fingerprint density at radius 3 is 3.00 bits per heavy atom. The maximum atomic E-state index is 9.25. The third kappa shape index (κ3) is 2.95. The Balaban J connectivity index is 1.58. The van der Waals surface area contributed by atoms with E-state index in [0.717, 1.165) is 37.8 Å². The summed E-state index contributed by atoms with van der Waals surface area (Å²) < 4.78 is 4.23. The molecule has 0 unspecified atom stereocenters. The van der Waals surface area contributed by atoms with E-state index in [1.807, 2.05) is 30.5 Å². The molecule has 3 aromatic heterocycles. The first kappa shape index (κ1) is 15.6. The Hall–Kier alpha value is -2.89.